The number of pyridine rings is 1. The first kappa shape index (κ1) is 18.9. The fraction of sp³-hybridized carbons (Fsp3) is 0.0769. The van der Waals surface area contributed by atoms with Crippen molar-refractivity contribution in [1.82, 2.24) is 4.98 Å². The standard InChI is InChI=1S/C13H5Cl4F3N2O2/c14-7-8(15)10(22-11(17)9(7)16)12(23)21-5-3-1-2-4-6(5)24-13(18,19)20/h1-4H,(H,21,23). The van der Waals surface area contributed by atoms with E-state index in [4.69, 9.17) is 46.4 Å². The molecule has 128 valence electrons. The Morgan fingerprint density at radius 1 is 1.04 bits per heavy atom. The Morgan fingerprint density at radius 3 is 2.29 bits per heavy atom. The summed E-state index contributed by atoms with van der Waals surface area (Å²) in [5.74, 6) is -1.56. The van der Waals surface area contributed by atoms with Gasteiger partial charge in [0.15, 0.2) is 5.75 Å². The molecule has 0 spiro atoms. The third kappa shape index (κ3) is 4.36. The second kappa shape index (κ2) is 7.23. The Balaban J connectivity index is 2.35. The van der Waals surface area contributed by atoms with Crippen molar-refractivity contribution in [2.45, 2.75) is 6.36 Å². The maximum absolute atomic E-state index is 12.4. The molecule has 0 aliphatic rings. The summed E-state index contributed by atoms with van der Waals surface area (Å²) in [5, 5.41) is 1.26. The third-order valence-corrected chi connectivity index (χ3v) is 4.24. The Bertz CT molecular complexity index is 800. The quantitative estimate of drug-likeness (QED) is 0.635. The summed E-state index contributed by atoms with van der Waals surface area (Å²) < 4.78 is 41.0. The largest absolute Gasteiger partial charge is 0.573 e. The zero-order chi connectivity index (χ0) is 18.1. The molecule has 0 radical (unpaired) electrons. The van der Waals surface area contributed by atoms with Crippen molar-refractivity contribution < 1.29 is 22.7 Å². The number of anilines is 1. The number of benzene rings is 1. The zero-order valence-electron chi connectivity index (χ0n) is 11.2. The van der Waals surface area contributed by atoms with Crippen LogP contribution in [0.5, 0.6) is 5.75 Å². The van der Waals surface area contributed by atoms with Gasteiger partial charge in [0.1, 0.15) is 10.8 Å². The molecular weight excluding hydrogens is 415 g/mol. The lowest BCUT2D eigenvalue weighted by Gasteiger charge is -2.14. The van der Waals surface area contributed by atoms with Crippen LogP contribution in [-0.2, 0) is 0 Å². The van der Waals surface area contributed by atoms with E-state index in [1.165, 1.54) is 18.2 Å². The van der Waals surface area contributed by atoms with E-state index in [-0.39, 0.29) is 25.9 Å². The summed E-state index contributed by atoms with van der Waals surface area (Å²) in [6.45, 7) is 0. The van der Waals surface area contributed by atoms with E-state index in [0.29, 0.717) is 0 Å². The molecule has 2 aromatic rings. The van der Waals surface area contributed by atoms with Gasteiger partial charge in [-0.1, -0.05) is 58.5 Å². The highest BCUT2D eigenvalue weighted by Crippen LogP contribution is 2.37. The van der Waals surface area contributed by atoms with Gasteiger partial charge in [-0.25, -0.2) is 4.98 Å². The molecule has 11 heteroatoms. The molecule has 0 atom stereocenters. The van der Waals surface area contributed by atoms with Gasteiger partial charge >= 0.3 is 6.36 Å². The van der Waals surface area contributed by atoms with E-state index in [2.05, 4.69) is 15.0 Å². The third-order valence-electron chi connectivity index (χ3n) is 2.56. The average molecular weight is 420 g/mol. The van der Waals surface area contributed by atoms with Crippen LogP contribution in [0.4, 0.5) is 18.9 Å². The Kier molecular flexibility index (Phi) is 5.70. The van der Waals surface area contributed by atoms with Gasteiger partial charge in [0.2, 0.25) is 0 Å². The SMILES string of the molecule is O=C(Nc1ccccc1OC(F)(F)F)c1nc(Cl)c(Cl)c(Cl)c1Cl. The fourth-order valence-corrected chi connectivity index (χ4v) is 2.42. The van der Waals surface area contributed by atoms with Crippen LogP contribution >= 0.6 is 46.4 Å². The van der Waals surface area contributed by atoms with E-state index in [1.54, 1.807) is 0 Å². The molecule has 0 bridgehead atoms. The molecule has 1 amide bonds. The van der Waals surface area contributed by atoms with E-state index in [0.717, 1.165) is 6.07 Å². The number of halogens is 7. The molecule has 1 aromatic carbocycles. The summed E-state index contributed by atoms with van der Waals surface area (Å²) in [6.07, 6.45) is -4.93. The molecule has 1 aromatic heterocycles. The minimum Gasteiger partial charge on any atom is -0.404 e. The van der Waals surface area contributed by atoms with Crippen molar-refractivity contribution in [3.8, 4) is 5.75 Å². The topological polar surface area (TPSA) is 51.2 Å². The number of ether oxygens (including phenoxy) is 1. The normalized spacial score (nSPS) is 11.3. The molecule has 24 heavy (non-hydrogen) atoms. The summed E-state index contributed by atoms with van der Waals surface area (Å²) in [5.41, 5.74) is -0.655. The van der Waals surface area contributed by atoms with Crippen molar-refractivity contribution in [1.29, 1.82) is 0 Å². The number of carbonyl (C=O) groups excluding carboxylic acids is 1. The fourth-order valence-electron chi connectivity index (χ4n) is 1.60. The minimum atomic E-state index is -4.93. The molecular formula is C13H5Cl4F3N2O2. The lowest BCUT2D eigenvalue weighted by atomic mass is 10.2. The van der Waals surface area contributed by atoms with E-state index in [1.807, 2.05) is 0 Å². The van der Waals surface area contributed by atoms with Gasteiger partial charge in [-0.3, -0.25) is 4.79 Å². The van der Waals surface area contributed by atoms with Crippen molar-refractivity contribution in [2.75, 3.05) is 5.32 Å². The Hall–Kier alpha value is -1.41. The molecule has 4 nitrogen and oxygen atoms in total. The monoisotopic (exact) mass is 418 g/mol. The summed E-state index contributed by atoms with van der Waals surface area (Å²) in [4.78, 5) is 15.9. The second-order valence-electron chi connectivity index (χ2n) is 4.19. The smallest absolute Gasteiger partial charge is 0.404 e. The van der Waals surface area contributed by atoms with Crippen LogP contribution in [0.15, 0.2) is 24.3 Å². The number of alkyl halides is 3. The molecule has 0 aliphatic heterocycles. The van der Waals surface area contributed by atoms with Gasteiger partial charge in [-0.2, -0.15) is 0 Å². The lowest BCUT2D eigenvalue weighted by Crippen LogP contribution is -2.20. The maximum atomic E-state index is 12.4. The van der Waals surface area contributed by atoms with Gasteiger partial charge in [-0.05, 0) is 12.1 Å². The number of hydrogen-bond donors (Lipinski definition) is 1. The lowest BCUT2D eigenvalue weighted by molar-refractivity contribution is -0.274. The Labute approximate surface area is 153 Å². The van der Waals surface area contributed by atoms with Gasteiger partial charge in [0.25, 0.3) is 5.91 Å². The van der Waals surface area contributed by atoms with Crippen molar-refractivity contribution in [3.05, 3.63) is 50.2 Å². The van der Waals surface area contributed by atoms with Crippen molar-refractivity contribution >= 4 is 58.0 Å². The molecule has 0 saturated carbocycles. The predicted octanol–water partition coefficient (Wildman–Crippen LogP) is 5.85. The van der Waals surface area contributed by atoms with Crippen molar-refractivity contribution in [2.24, 2.45) is 0 Å². The summed E-state index contributed by atoms with van der Waals surface area (Å²) in [6, 6.07) is 4.93. The first-order valence-electron chi connectivity index (χ1n) is 5.96. The average Bonchev–Trinajstić information content (AvgIpc) is 2.49. The molecule has 1 N–H and O–H groups in total. The number of nitrogens with zero attached hydrogens (tertiary/aromatic N) is 1. The van der Waals surface area contributed by atoms with Crippen LogP contribution in [0.2, 0.25) is 20.2 Å². The zero-order valence-corrected chi connectivity index (χ0v) is 14.2. The molecule has 0 aliphatic carbocycles. The number of nitrogens with one attached hydrogen (secondary N) is 1. The van der Waals surface area contributed by atoms with Crippen LogP contribution in [-0.4, -0.2) is 17.3 Å². The van der Waals surface area contributed by atoms with Gasteiger partial charge < -0.3 is 10.1 Å². The highest BCUT2D eigenvalue weighted by Gasteiger charge is 2.32. The minimum absolute atomic E-state index is 0.152. The summed E-state index contributed by atoms with van der Waals surface area (Å²) >= 11 is 23.1. The van der Waals surface area contributed by atoms with Crippen LogP contribution in [0.3, 0.4) is 0 Å². The van der Waals surface area contributed by atoms with E-state index < -0.39 is 23.7 Å². The van der Waals surface area contributed by atoms with Crippen LogP contribution in [0, 0.1) is 0 Å². The number of amides is 1. The van der Waals surface area contributed by atoms with E-state index in [9.17, 15) is 18.0 Å². The number of carbonyl (C=O) groups is 1. The highest BCUT2D eigenvalue weighted by molar-refractivity contribution is 6.52. The first-order valence-corrected chi connectivity index (χ1v) is 7.47. The summed E-state index contributed by atoms with van der Waals surface area (Å²) in [7, 11) is 0. The van der Waals surface area contributed by atoms with Crippen LogP contribution < -0.4 is 10.1 Å². The van der Waals surface area contributed by atoms with Gasteiger partial charge in [-0.15, -0.1) is 13.2 Å². The predicted molar refractivity (Wildman–Crippen MR) is 85.4 cm³/mol. The first-order chi connectivity index (χ1) is 11.1. The molecule has 2 rings (SSSR count). The number of aromatic nitrogens is 1. The maximum Gasteiger partial charge on any atom is 0.573 e. The number of hydrogen-bond acceptors (Lipinski definition) is 3. The highest BCUT2D eigenvalue weighted by atomic mass is 35.5. The molecule has 0 fully saturated rings. The van der Waals surface area contributed by atoms with Crippen LogP contribution in [0.25, 0.3) is 0 Å². The van der Waals surface area contributed by atoms with Crippen molar-refractivity contribution in [3.63, 3.8) is 0 Å². The molecule has 0 saturated heterocycles. The molecule has 1 heterocycles. The number of para-hydroxylation sites is 2. The van der Waals surface area contributed by atoms with Crippen LogP contribution in [0.1, 0.15) is 10.5 Å². The van der Waals surface area contributed by atoms with Gasteiger partial charge in [0, 0.05) is 0 Å². The van der Waals surface area contributed by atoms with Gasteiger partial charge in [0.05, 0.1) is 20.8 Å². The second-order valence-corrected chi connectivity index (χ2v) is 5.68. The number of rotatable bonds is 3. The van der Waals surface area contributed by atoms with E-state index >= 15 is 0 Å². The Morgan fingerprint density at radius 2 is 1.67 bits per heavy atom. The molecule has 0 unspecified atom stereocenters.